The van der Waals surface area contributed by atoms with Gasteiger partial charge in [0, 0.05) is 16.9 Å². The quantitative estimate of drug-likeness (QED) is 0.307. The van der Waals surface area contributed by atoms with Crippen LogP contribution < -0.4 is 0 Å². The molecule has 2 heteroatoms. The van der Waals surface area contributed by atoms with Gasteiger partial charge in [0.25, 0.3) is 0 Å². The predicted octanol–water partition coefficient (Wildman–Crippen LogP) is 7.51. The van der Waals surface area contributed by atoms with E-state index in [1.165, 1.54) is 66.3 Å². The zero-order valence-corrected chi connectivity index (χ0v) is 17.4. The van der Waals surface area contributed by atoms with E-state index in [4.69, 9.17) is 11.6 Å². The first-order valence-electron chi connectivity index (χ1n) is 10.5. The van der Waals surface area contributed by atoms with Crippen molar-refractivity contribution in [1.29, 1.82) is 0 Å². The molecule has 0 bridgehead atoms. The van der Waals surface area contributed by atoms with Crippen LogP contribution in [0.1, 0.15) is 81.9 Å². The molecule has 2 aromatic rings. The van der Waals surface area contributed by atoms with Crippen molar-refractivity contribution >= 4 is 17.9 Å². The molecular formula is C25H31ClO. The molecule has 0 aromatic heterocycles. The SMILES string of the molecule is CCCCC1(CCCC)c2ccccc2-c2ccc(Cl)c(CCCC=O)c21. The summed E-state index contributed by atoms with van der Waals surface area (Å²) in [6.45, 7) is 4.55. The second-order valence-corrected chi connectivity index (χ2v) is 8.25. The maximum atomic E-state index is 10.9. The van der Waals surface area contributed by atoms with Crippen molar-refractivity contribution in [3.8, 4) is 11.1 Å². The Bertz CT molecular complexity index is 785. The lowest BCUT2D eigenvalue weighted by atomic mass is 9.69. The number of rotatable bonds is 10. The lowest BCUT2D eigenvalue weighted by Crippen LogP contribution is -2.27. The van der Waals surface area contributed by atoms with Crippen molar-refractivity contribution in [2.24, 2.45) is 0 Å². The minimum Gasteiger partial charge on any atom is -0.303 e. The Balaban J connectivity index is 2.21. The fourth-order valence-electron chi connectivity index (χ4n) is 4.87. The van der Waals surface area contributed by atoms with Crippen molar-refractivity contribution < 1.29 is 4.79 Å². The topological polar surface area (TPSA) is 17.1 Å². The van der Waals surface area contributed by atoms with E-state index in [9.17, 15) is 4.79 Å². The maximum absolute atomic E-state index is 10.9. The summed E-state index contributed by atoms with van der Waals surface area (Å²) < 4.78 is 0. The van der Waals surface area contributed by atoms with Gasteiger partial charge in [-0.15, -0.1) is 0 Å². The molecule has 1 nitrogen and oxygen atoms in total. The molecule has 1 aliphatic carbocycles. The Morgan fingerprint density at radius 1 is 0.926 bits per heavy atom. The van der Waals surface area contributed by atoms with Gasteiger partial charge in [-0.3, -0.25) is 0 Å². The molecule has 0 heterocycles. The van der Waals surface area contributed by atoms with Gasteiger partial charge in [-0.2, -0.15) is 0 Å². The van der Waals surface area contributed by atoms with Gasteiger partial charge in [0.15, 0.2) is 0 Å². The second-order valence-electron chi connectivity index (χ2n) is 7.84. The molecule has 27 heavy (non-hydrogen) atoms. The number of fused-ring (bicyclic) bond motifs is 3. The number of unbranched alkanes of at least 4 members (excludes halogenated alkanes) is 3. The zero-order chi connectivity index (χ0) is 19.3. The third-order valence-corrected chi connectivity index (χ3v) is 6.48. The number of halogens is 1. The number of hydrogen-bond donors (Lipinski definition) is 0. The molecule has 0 amide bonds. The minimum atomic E-state index is 0.0688. The van der Waals surface area contributed by atoms with Crippen LogP contribution in [-0.2, 0) is 16.6 Å². The standard InChI is InChI=1S/C25H31ClO/c1-3-5-16-25(17-6-4-2)22-13-8-7-11-19(22)20-14-15-23(26)21(24(20)25)12-9-10-18-27/h7-8,11,13-15,18H,3-6,9-10,12,16-17H2,1-2H3. The summed E-state index contributed by atoms with van der Waals surface area (Å²) >= 11 is 6.74. The summed E-state index contributed by atoms with van der Waals surface area (Å²) in [4.78, 5) is 10.9. The summed E-state index contributed by atoms with van der Waals surface area (Å²) in [6, 6.07) is 13.2. The number of hydrogen-bond acceptors (Lipinski definition) is 1. The second kappa shape index (κ2) is 9.06. The monoisotopic (exact) mass is 382 g/mol. The first-order chi connectivity index (χ1) is 13.2. The Hall–Kier alpha value is -1.60. The van der Waals surface area contributed by atoms with Gasteiger partial charge in [-0.25, -0.2) is 0 Å². The number of benzene rings is 2. The maximum Gasteiger partial charge on any atom is 0.120 e. The highest BCUT2D eigenvalue weighted by molar-refractivity contribution is 6.31. The molecule has 1 aliphatic rings. The molecule has 0 saturated heterocycles. The van der Waals surface area contributed by atoms with Crippen LogP contribution in [0.5, 0.6) is 0 Å². The highest BCUT2D eigenvalue weighted by Gasteiger charge is 2.43. The van der Waals surface area contributed by atoms with Crippen LogP contribution in [0.25, 0.3) is 11.1 Å². The Morgan fingerprint density at radius 3 is 2.30 bits per heavy atom. The normalized spacial score (nSPS) is 14.0. The molecule has 0 radical (unpaired) electrons. The molecule has 0 spiro atoms. The third kappa shape index (κ3) is 3.72. The van der Waals surface area contributed by atoms with E-state index in [1.54, 1.807) is 0 Å². The first-order valence-corrected chi connectivity index (χ1v) is 10.9. The molecule has 0 aliphatic heterocycles. The number of aldehydes is 1. The zero-order valence-electron chi connectivity index (χ0n) is 16.7. The van der Waals surface area contributed by atoms with Crippen molar-refractivity contribution in [1.82, 2.24) is 0 Å². The Morgan fingerprint density at radius 2 is 1.63 bits per heavy atom. The van der Waals surface area contributed by atoms with Gasteiger partial charge in [-0.05, 0) is 59.6 Å². The van der Waals surface area contributed by atoms with Crippen molar-refractivity contribution in [2.75, 3.05) is 0 Å². The first kappa shape index (κ1) is 20.1. The number of carbonyl (C=O) groups excluding carboxylic acids is 1. The predicted molar refractivity (Wildman–Crippen MR) is 116 cm³/mol. The lowest BCUT2D eigenvalue weighted by Gasteiger charge is -2.34. The summed E-state index contributed by atoms with van der Waals surface area (Å²) in [5.41, 5.74) is 7.04. The van der Waals surface area contributed by atoms with E-state index < -0.39 is 0 Å². The van der Waals surface area contributed by atoms with Crippen LogP contribution in [0.2, 0.25) is 5.02 Å². The van der Waals surface area contributed by atoms with Crippen LogP contribution in [0.15, 0.2) is 36.4 Å². The fraction of sp³-hybridized carbons (Fsp3) is 0.480. The van der Waals surface area contributed by atoms with Gasteiger partial charge in [0.05, 0.1) is 0 Å². The van der Waals surface area contributed by atoms with Gasteiger partial charge < -0.3 is 4.79 Å². The smallest absolute Gasteiger partial charge is 0.120 e. The highest BCUT2D eigenvalue weighted by atomic mass is 35.5. The van der Waals surface area contributed by atoms with Crippen LogP contribution >= 0.6 is 11.6 Å². The Kier molecular flexibility index (Phi) is 6.76. The van der Waals surface area contributed by atoms with Gasteiger partial charge in [0.1, 0.15) is 6.29 Å². The third-order valence-electron chi connectivity index (χ3n) is 6.13. The van der Waals surface area contributed by atoms with E-state index in [-0.39, 0.29) is 5.41 Å². The summed E-state index contributed by atoms with van der Waals surface area (Å²) in [7, 11) is 0. The van der Waals surface area contributed by atoms with Gasteiger partial charge >= 0.3 is 0 Å². The lowest BCUT2D eigenvalue weighted by molar-refractivity contribution is -0.107. The molecular weight excluding hydrogens is 352 g/mol. The molecule has 3 rings (SSSR count). The summed E-state index contributed by atoms with van der Waals surface area (Å²) in [5.74, 6) is 0. The molecule has 0 saturated carbocycles. The van der Waals surface area contributed by atoms with Gasteiger partial charge in [0.2, 0.25) is 0 Å². The van der Waals surface area contributed by atoms with Crippen LogP contribution in [-0.4, -0.2) is 6.29 Å². The largest absolute Gasteiger partial charge is 0.303 e. The average Bonchev–Trinajstić information content (AvgIpc) is 2.97. The van der Waals surface area contributed by atoms with E-state index in [0.29, 0.717) is 6.42 Å². The van der Waals surface area contributed by atoms with Crippen molar-refractivity contribution in [2.45, 2.75) is 77.0 Å². The molecule has 0 N–H and O–H groups in total. The highest BCUT2D eigenvalue weighted by Crippen LogP contribution is 2.56. The number of carbonyl (C=O) groups is 1. The molecule has 2 aromatic carbocycles. The van der Waals surface area contributed by atoms with E-state index in [0.717, 1.165) is 24.2 Å². The molecule has 144 valence electrons. The van der Waals surface area contributed by atoms with Crippen LogP contribution in [0, 0.1) is 0 Å². The van der Waals surface area contributed by atoms with Crippen LogP contribution in [0.3, 0.4) is 0 Å². The summed E-state index contributed by atoms with van der Waals surface area (Å²) in [6.07, 6.45) is 10.6. The average molecular weight is 383 g/mol. The summed E-state index contributed by atoms with van der Waals surface area (Å²) in [5, 5.41) is 0.866. The molecule has 0 fully saturated rings. The molecule has 0 unspecified atom stereocenters. The molecule has 0 atom stereocenters. The van der Waals surface area contributed by atoms with E-state index >= 15 is 0 Å². The van der Waals surface area contributed by atoms with E-state index in [1.807, 2.05) is 0 Å². The minimum absolute atomic E-state index is 0.0688. The van der Waals surface area contributed by atoms with Crippen LogP contribution in [0.4, 0.5) is 0 Å². The van der Waals surface area contributed by atoms with E-state index in [2.05, 4.69) is 50.2 Å². The van der Waals surface area contributed by atoms with Crippen molar-refractivity contribution in [3.63, 3.8) is 0 Å². The Labute approximate surface area is 169 Å². The van der Waals surface area contributed by atoms with Gasteiger partial charge in [-0.1, -0.05) is 81.5 Å². The fourth-order valence-corrected chi connectivity index (χ4v) is 5.12. The van der Waals surface area contributed by atoms with Crippen molar-refractivity contribution in [3.05, 3.63) is 58.1 Å².